The molecule has 20 heavy (non-hydrogen) atoms. The quantitative estimate of drug-likeness (QED) is 0.844. The summed E-state index contributed by atoms with van der Waals surface area (Å²) >= 11 is 0. The van der Waals surface area contributed by atoms with E-state index in [-0.39, 0.29) is 11.9 Å². The van der Waals surface area contributed by atoms with Crippen LogP contribution in [0.4, 0.5) is 0 Å². The normalized spacial score (nSPS) is 23.9. The Morgan fingerprint density at radius 1 is 1.20 bits per heavy atom. The van der Waals surface area contributed by atoms with Crippen LogP contribution in [-0.2, 0) is 0 Å². The zero-order chi connectivity index (χ0) is 14.3. The van der Waals surface area contributed by atoms with Crippen LogP contribution in [0.25, 0.3) is 0 Å². The van der Waals surface area contributed by atoms with Crippen molar-refractivity contribution in [3.8, 4) is 0 Å². The highest BCUT2D eigenvalue weighted by Gasteiger charge is 2.40. The predicted molar refractivity (Wildman–Crippen MR) is 80.7 cm³/mol. The highest BCUT2D eigenvalue weighted by molar-refractivity contribution is 5.99. The van der Waals surface area contributed by atoms with E-state index >= 15 is 0 Å². The van der Waals surface area contributed by atoms with Gasteiger partial charge in [0.2, 0.25) is 0 Å². The Labute approximate surface area is 121 Å². The van der Waals surface area contributed by atoms with Crippen LogP contribution in [0.5, 0.6) is 0 Å². The van der Waals surface area contributed by atoms with E-state index in [2.05, 4.69) is 36.6 Å². The van der Waals surface area contributed by atoms with Gasteiger partial charge in [-0.2, -0.15) is 0 Å². The minimum absolute atomic E-state index is 0.224. The summed E-state index contributed by atoms with van der Waals surface area (Å²) < 4.78 is 0. The molecule has 0 bridgehead atoms. The zero-order valence-corrected chi connectivity index (χ0v) is 12.7. The summed E-state index contributed by atoms with van der Waals surface area (Å²) in [6.07, 6.45) is 1.22. The van der Waals surface area contributed by atoms with Gasteiger partial charge >= 0.3 is 0 Å². The molecule has 2 atom stereocenters. The number of hydrogen-bond donors (Lipinski definition) is 0. The van der Waals surface area contributed by atoms with Crippen molar-refractivity contribution in [2.45, 2.75) is 39.3 Å². The van der Waals surface area contributed by atoms with Gasteiger partial charge < -0.3 is 4.90 Å². The molecular weight excluding hydrogens is 248 g/mol. The average molecular weight is 272 g/mol. The minimum Gasteiger partial charge on any atom is -0.329 e. The smallest absolute Gasteiger partial charge is 0.254 e. The molecule has 2 heterocycles. The number of nitrogens with zero attached hydrogens (tertiary/aromatic N) is 2. The first kappa shape index (κ1) is 13.6. The molecule has 0 aliphatic carbocycles. The zero-order valence-electron chi connectivity index (χ0n) is 12.7. The topological polar surface area (TPSA) is 23.6 Å². The van der Waals surface area contributed by atoms with Gasteiger partial charge in [0.05, 0.1) is 6.04 Å². The van der Waals surface area contributed by atoms with Crippen molar-refractivity contribution in [1.29, 1.82) is 0 Å². The van der Waals surface area contributed by atoms with Crippen molar-refractivity contribution in [3.63, 3.8) is 0 Å². The fraction of sp³-hybridized carbons (Fsp3) is 0.588. The molecule has 3 nitrogen and oxygen atoms in total. The van der Waals surface area contributed by atoms with Crippen molar-refractivity contribution < 1.29 is 4.79 Å². The van der Waals surface area contributed by atoms with E-state index in [9.17, 15) is 4.79 Å². The van der Waals surface area contributed by atoms with Gasteiger partial charge in [0, 0.05) is 31.2 Å². The van der Waals surface area contributed by atoms with Crippen LogP contribution in [-0.4, -0.2) is 41.4 Å². The van der Waals surface area contributed by atoms with Crippen LogP contribution >= 0.6 is 0 Å². The van der Waals surface area contributed by atoms with E-state index in [0.29, 0.717) is 6.04 Å². The molecule has 0 aromatic heterocycles. The molecule has 1 saturated heterocycles. The SMILES string of the molecule is CC(C)CC(C)N1CCN2C(=O)c3ccccc3C2C1. The summed E-state index contributed by atoms with van der Waals surface area (Å²) in [5, 5.41) is 0. The number of benzene rings is 1. The van der Waals surface area contributed by atoms with Crippen LogP contribution in [0.2, 0.25) is 0 Å². The van der Waals surface area contributed by atoms with E-state index in [0.717, 1.165) is 31.1 Å². The summed E-state index contributed by atoms with van der Waals surface area (Å²) in [6.45, 7) is 9.72. The monoisotopic (exact) mass is 272 g/mol. The van der Waals surface area contributed by atoms with Gasteiger partial charge in [-0.1, -0.05) is 32.0 Å². The first-order valence-electron chi connectivity index (χ1n) is 7.72. The molecule has 0 radical (unpaired) electrons. The Morgan fingerprint density at radius 3 is 2.70 bits per heavy atom. The van der Waals surface area contributed by atoms with Gasteiger partial charge in [-0.3, -0.25) is 9.69 Å². The van der Waals surface area contributed by atoms with Crippen molar-refractivity contribution in [1.82, 2.24) is 9.80 Å². The third kappa shape index (κ3) is 2.24. The second kappa shape index (κ2) is 5.21. The third-order valence-electron chi connectivity index (χ3n) is 4.66. The second-order valence-electron chi connectivity index (χ2n) is 6.58. The van der Waals surface area contributed by atoms with Gasteiger partial charge in [0.25, 0.3) is 5.91 Å². The van der Waals surface area contributed by atoms with E-state index in [1.165, 1.54) is 12.0 Å². The molecule has 3 rings (SSSR count). The first-order valence-corrected chi connectivity index (χ1v) is 7.72. The first-order chi connectivity index (χ1) is 9.58. The van der Waals surface area contributed by atoms with Crippen molar-refractivity contribution in [2.75, 3.05) is 19.6 Å². The van der Waals surface area contributed by atoms with Crippen molar-refractivity contribution >= 4 is 5.91 Å². The van der Waals surface area contributed by atoms with Crippen molar-refractivity contribution in [3.05, 3.63) is 35.4 Å². The van der Waals surface area contributed by atoms with Gasteiger partial charge in [0.1, 0.15) is 0 Å². The summed E-state index contributed by atoms with van der Waals surface area (Å²) in [5.74, 6) is 0.947. The molecule has 0 spiro atoms. The summed E-state index contributed by atoms with van der Waals surface area (Å²) in [4.78, 5) is 17.0. The van der Waals surface area contributed by atoms with Crippen molar-refractivity contribution in [2.24, 2.45) is 5.92 Å². The summed E-state index contributed by atoms with van der Waals surface area (Å²) in [7, 11) is 0. The number of amides is 1. The largest absolute Gasteiger partial charge is 0.329 e. The Hall–Kier alpha value is -1.35. The van der Waals surface area contributed by atoms with Crippen LogP contribution in [0, 0.1) is 5.92 Å². The summed E-state index contributed by atoms with van der Waals surface area (Å²) in [5.41, 5.74) is 2.13. The Bertz CT molecular complexity index is 511. The van der Waals surface area contributed by atoms with Crippen LogP contribution in [0.15, 0.2) is 24.3 Å². The molecule has 2 aliphatic rings. The second-order valence-corrected chi connectivity index (χ2v) is 6.58. The molecule has 108 valence electrons. The molecule has 0 N–H and O–H groups in total. The van der Waals surface area contributed by atoms with Crippen LogP contribution in [0.3, 0.4) is 0 Å². The third-order valence-corrected chi connectivity index (χ3v) is 4.66. The maximum absolute atomic E-state index is 12.4. The van der Waals surface area contributed by atoms with E-state index in [1.807, 2.05) is 18.2 Å². The standard InChI is InChI=1S/C17H24N2O/c1-12(2)10-13(3)18-8-9-19-16(11-18)14-6-4-5-7-15(14)17(19)20/h4-7,12-13,16H,8-11H2,1-3H3. The molecule has 2 aliphatic heterocycles. The molecule has 0 saturated carbocycles. The van der Waals surface area contributed by atoms with E-state index in [4.69, 9.17) is 0 Å². The fourth-order valence-electron chi connectivity index (χ4n) is 3.68. The van der Waals surface area contributed by atoms with Crippen LogP contribution in [0.1, 0.15) is 49.2 Å². The minimum atomic E-state index is 0.224. The molecular formula is C17H24N2O. The molecule has 1 amide bonds. The maximum Gasteiger partial charge on any atom is 0.254 e. The van der Waals surface area contributed by atoms with E-state index in [1.54, 1.807) is 0 Å². The average Bonchev–Trinajstić information content (AvgIpc) is 2.72. The van der Waals surface area contributed by atoms with Crippen LogP contribution < -0.4 is 0 Å². The highest BCUT2D eigenvalue weighted by atomic mass is 16.2. The fourth-order valence-corrected chi connectivity index (χ4v) is 3.68. The Morgan fingerprint density at radius 2 is 1.95 bits per heavy atom. The number of carbonyl (C=O) groups is 1. The number of rotatable bonds is 3. The van der Waals surface area contributed by atoms with E-state index < -0.39 is 0 Å². The molecule has 1 fully saturated rings. The summed E-state index contributed by atoms with van der Waals surface area (Å²) in [6, 6.07) is 8.97. The number of fused-ring (bicyclic) bond motifs is 3. The lowest BCUT2D eigenvalue weighted by molar-refractivity contribution is 0.0411. The highest BCUT2D eigenvalue weighted by Crippen LogP contribution is 2.36. The number of carbonyl (C=O) groups excluding carboxylic acids is 1. The maximum atomic E-state index is 12.4. The Balaban J connectivity index is 1.79. The lowest BCUT2D eigenvalue weighted by Crippen LogP contribution is -2.50. The molecule has 1 aromatic rings. The molecule has 1 aromatic carbocycles. The van der Waals surface area contributed by atoms with Gasteiger partial charge in [-0.05, 0) is 30.9 Å². The van der Waals surface area contributed by atoms with Gasteiger partial charge in [-0.15, -0.1) is 0 Å². The lowest BCUT2D eigenvalue weighted by atomic mass is 9.99. The lowest BCUT2D eigenvalue weighted by Gasteiger charge is -2.41. The number of hydrogen-bond acceptors (Lipinski definition) is 2. The van der Waals surface area contributed by atoms with Gasteiger partial charge in [0.15, 0.2) is 0 Å². The molecule has 3 heteroatoms. The number of piperazine rings is 1. The Kier molecular flexibility index (Phi) is 3.55. The van der Waals surface area contributed by atoms with Gasteiger partial charge in [-0.25, -0.2) is 0 Å². The molecule has 2 unspecified atom stereocenters. The predicted octanol–water partition coefficient (Wildman–Crippen LogP) is 2.93.